The SMILES string of the molecule is C.Cc1ncc(CCO)[nH]1. The molecule has 0 unspecified atom stereocenters. The van der Waals surface area contributed by atoms with Gasteiger partial charge in [-0.3, -0.25) is 0 Å². The molecule has 0 aromatic carbocycles. The minimum atomic E-state index is 0. The lowest BCUT2D eigenvalue weighted by molar-refractivity contribution is 0.298. The van der Waals surface area contributed by atoms with Crippen LogP contribution in [0.4, 0.5) is 0 Å². The zero-order valence-electron chi connectivity index (χ0n) is 5.39. The third-order valence-corrected chi connectivity index (χ3v) is 1.14. The van der Waals surface area contributed by atoms with E-state index >= 15 is 0 Å². The molecule has 58 valence electrons. The van der Waals surface area contributed by atoms with Crippen LogP contribution in [0, 0.1) is 6.92 Å². The summed E-state index contributed by atoms with van der Waals surface area (Å²) in [5.41, 5.74) is 0.995. The Morgan fingerprint density at radius 1 is 1.70 bits per heavy atom. The molecule has 0 saturated carbocycles. The lowest BCUT2D eigenvalue weighted by atomic mass is 10.4. The van der Waals surface area contributed by atoms with E-state index in [1.807, 2.05) is 6.92 Å². The minimum absolute atomic E-state index is 0. The second-order valence-electron chi connectivity index (χ2n) is 1.97. The van der Waals surface area contributed by atoms with Crippen molar-refractivity contribution in [2.24, 2.45) is 0 Å². The van der Waals surface area contributed by atoms with Crippen molar-refractivity contribution in [3.05, 3.63) is 17.7 Å². The van der Waals surface area contributed by atoms with Gasteiger partial charge in [0.2, 0.25) is 0 Å². The number of aliphatic hydroxyl groups excluding tert-OH is 1. The quantitative estimate of drug-likeness (QED) is 0.644. The van der Waals surface area contributed by atoms with Crippen LogP contribution in [0.2, 0.25) is 0 Å². The monoisotopic (exact) mass is 142 g/mol. The zero-order valence-corrected chi connectivity index (χ0v) is 5.39. The van der Waals surface area contributed by atoms with Gasteiger partial charge < -0.3 is 10.1 Å². The molecule has 1 rings (SSSR count). The van der Waals surface area contributed by atoms with Gasteiger partial charge in [0.1, 0.15) is 5.82 Å². The smallest absolute Gasteiger partial charge is 0.103 e. The second kappa shape index (κ2) is 4.06. The van der Waals surface area contributed by atoms with Gasteiger partial charge in [0, 0.05) is 24.9 Å². The van der Waals surface area contributed by atoms with Crippen molar-refractivity contribution in [1.82, 2.24) is 9.97 Å². The van der Waals surface area contributed by atoms with Crippen molar-refractivity contribution in [3.63, 3.8) is 0 Å². The molecule has 0 fully saturated rings. The summed E-state index contributed by atoms with van der Waals surface area (Å²) in [6, 6.07) is 0. The summed E-state index contributed by atoms with van der Waals surface area (Å²) < 4.78 is 0. The summed E-state index contributed by atoms with van der Waals surface area (Å²) in [6.45, 7) is 2.07. The number of nitrogens with one attached hydrogen (secondary N) is 1. The highest BCUT2D eigenvalue weighted by molar-refractivity contribution is 4.99. The summed E-state index contributed by atoms with van der Waals surface area (Å²) in [4.78, 5) is 6.97. The number of nitrogens with zero attached hydrogens (tertiary/aromatic N) is 1. The molecular formula is C7H14N2O. The van der Waals surface area contributed by atoms with Gasteiger partial charge in [-0.15, -0.1) is 0 Å². The molecule has 0 aliphatic heterocycles. The number of aryl methyl sites for hydroxylation is 1. The van der Waals surface area contributed by atoms with Crippen molar-refractivity contribution in [2.75, 3.05) is 6.61 Å². The first-order chi connectivity index (χ1) is 4.33. The lowest BCUT2D eigenvalue weighted by Gasteiger charge is -1.87. The number of rotatable bonds is 2. The van der Waals surface area contributed by atoms with Crippen molar-refractivity contribution in [2.45, 2.75) is 20.8 Å². The van der Waals surface area contributed by atoms with E-state index in [-0.39, 0.29) is 14.0 Å². The minimum Gasteiger partial charge on any atom is -0.396 e. The average Bonchev–Trinajstić information content (AvgIpc) is 2.17. The van der Waals surface area contributed by atoms with E-state index in [1.54, 1.807) is 6.20 Å². The third-order valence-electron chi connectivity index (χ3n) is 1.14. The molecule has 0 spiro atoms. The highest BCUT2D eigenvalue weighted by Gasteiger charge is 1.92. The number of aromatic nitrogens is 2. The summed E-state index contributed by atoms with van der Waals surface area (Å²) in [5, 5.41) is 8.48. The second-order valence-corrected chi connectivity index (χ2v) is 1.97. The molecule has 0 bridgehead atoms. The van der Waals surface area contributed by atoms with Crippen LogP contribution in [0.25, 0.3) is 0 Å². The predicted molar refractivity (Wildman–Crippen MR) is 40.8 cm³/mol. The molecular weight excluding hydrogens is 128 g/mol. The van der Waals surface area contributed by atoms with Crippen molar-refractivity contribution >= 4 is 0 Å². The van der Waals surface area contributed by atoms with E-state index in [1.165, 1.54) is 0 Å². The van der Waals surface area contributed by atoms with Gasteiger partial charge in [0.25, 0.3) is 0 Å². The number of H-pyrrole nitrogens is 1. The Morgan fingerprint density at radius 2 is 2.40 bits per heavy atom. The van der Waals surface area contributed by atoms with E-state index in [9.17, 15) is 0 Å². The molecule has 10 heavy (non-hydrogen) atoms. The van der Waals surface area contributed by atoms with Gasteiger partial charge in [-0.05, 0) is 6.92 Å². The van der Waals surface area contributed by atoms with Crippen LogP contribution >= 0.6 is 0 Å². The van der Waals surface area contributed by atoms with Gasteiger partial charge in [0.05, 0.1) is 0 Å². The van der Waals surface area contributed by atoms with E-state index in [0.717, 1.165) is 11.5 Å². The molecule has 2 N–H and O–H groups in total. The first-order valence-corrected chi connectivity index (χ1v) is 2.94. The van der Waals surface area contributed by atoms with Gasteiger partial charge in [-0.2, -0.15) is 0 Å². The fraction of sp³-hybridized carbons (Fsp3) is 0.571. The molecule has 0 aliphatic carbocycles. The summed E-state index contributed by atoms with van der Waals surface area (Å²) >= 11 is 0. The van der Waals surface area contributed by atoms with Crippen LogP contribution in [-0.2, 0) is 6.42 Å². The van der Waals surface area contributed by atoms with E-state index in [0.29, 0.717) is 6.42 Å². The molecule has 1 heterocycles. The Balaban J connectivity index is 0.000000810. The maximum absolute atomic E-state index is 8.48. The normalized spacial score (nSPS) is 9.00. The van der Waals surface area contributed by atoms with Crippen LogP contribution in [0.3, 0.4) is 0 Å². The largest absolute Gasteiger partial charge is 0.396 e. The topological polar surface area (TPSA) is 48.9 Å². The molecule has 0 amide bonds. The van der Waals surface area contributed by atoms with Gasteiger partial charge >= 0.3 is 0 Å². The molecule has 1 aromatic heterocycles. The van der Waals surface area contributed by atoms with Crippen LogP contribution < -0.4 is 0 Å². The van der Waals surface area contributed by atoms with Gasteiger partial charge in [-0.1, -0.05) is 7.43 Å². The standard InChI is InChI=1S/C6H10N2O.CH4/c1-5-7-4-6(8-5)2-3-9;/h4,9H,2-3H2,1H3,(H,7,8);1H4. The van der Waals surface area contributed by atoms with Gasteiger partial charge in [0.15, 0.2) is 0 Å². The van der Waals surface area contributed by atoms with E-state index < -0.39 is 0 Å². The molecule has 0 saturated heterocycles. The van der Waals surface area contributed by atoms with Crippen LogP contribution in [0.15, 0.2) is 6.20 Å². The molecule has 3 heteroatoms. The van der Waals surface area contributed by atoms with Crippen LogP contribution in [0.1, 0.15) is 18.9 Å². The number of aliphatic hydroxyl groups is 1. The molecule has 0 radical (unpaired) electrons. The Kier molecular flexibility index (Phi) is 3.72. The van der Waals surface area contributed by atoms with E-state index in [2.05, 4.69) is 9.97 Å². The molecule has 0 atom stereocenters. The van der Waals surface area contributed by atoms with E-state index in [4.69, 9.17) is 5.11 Å². The fourth-order valence-electron chi connectivity index (χ4n) is 0.719. The summed E-state index contributed by atoms with van der Waals surface area (Å²) in [7, 11) is 0. The fourth-order valence-corrected chi connectivity index (χ4v) is 0.719. The Labute approximate surface area is 61.1 Å². The van der Waals surface area contributed by atoms with Crippen molar-refractivity contribution in [1.29, 1.82) is 0 Å². The van der Waals surface area contributed by atoms with Gasteiger partial charge in [-0.25, -0.2) is 4.98 Å². The third kappa shape index (κ3) is 2.19. The van der Waals surface area contributed by atoms with Crippen molar-refractivity contribution in [3.8, 4) is 0 Å². The predicted octanol–water partition coefficient (Wildman–Crippen LogP) is 0.889. The number of hydrogen-bond donors (Lipinski definition) is 2. The van der Waals surface area contributed by atoms with Crippen LogP contribution in [-0.4, -0.2) is 21.7 Å². The Morgan fingerprint density at radius 3 is 2.80 bits per heavy atom. The highest BCUT2D eigenvalue weighted by atomic mass is 16.3. The number of hydrogen-bond acceptors (Lipinski definition) is 2. The first-order valence-electron chi connectivity index (χ1n) is 2.94. The molecule has 3 nitrogen and oxygen atoms in total. The maximum Gasteiger partial charge on any atom is 0.103 e. The first kappa shape index (κ1) is 9.17. The molecule has 1 aromatic rings. The summed E-state index contributed by atoms with van der Waals surface area (Å²) in [5.74, 6) is 0.901. The number of aromatic amines is 1. The lowest BCUT2D eigenvalue weighted by Crippen LogP contribution is -1.89. The molecule has 0 aliphatic rings. The average molecular weight is 142 g/mol. The van der Waals surface area contributed by atoms with Crippen LogP contribution in [0.5, 0.6) is 0 Å². The Hall–Kier alpha value is -0.830. The van der Waals surface area contributed by atoms with Crippen molar-refractivity contribution < 1.29 is 5.11 Å². The number of imidazole rings is 1. The maximum atomic E-state index is 8.48. The zero-order chi connectivity index (χ0) is 6.69. The summed E-state index contributed by atoms with van der Waals surface area (Å²) in [6.07, 6.45) is 2.41. The highest BCUT2D eigenvalue weighted by Crippen LogP contribution is 1.94. The Bertz CT molecular complexity index is 183.